The number of fused-ring (bicyclic) bond motifs is 1. The Hall–Kier alpha value is -3.44. The van der Waals surface area contributed by atoms with Crippen LogP contribution in [0.4, 0.5) is 5.69 Å². The van der Waals surface area contributed by atoms with Gasteiger partial charge in [-0.1, -0.05) is 30.3 Å². The minimum atomic E-state index is 0.854. The maximum absolute atomic E-state index is 4.90. The highest BCUT2D eigenvalue weighted by Crippen LogP contribution is 2.25. The van der Waals surface area contributed by atoms with Crippen molar-refractivity contribution in [2.24, 2.45) is 4.99 Å². The molecule has 154 valence electrons. The molecule has 2 aromatic carbocycles. The Balaban J connectivity index is 1.57. The van der Waals surface area contributed by atoms with E-state index >= 15 is 0 Å². The molecule has 0 amide bonds. The van der Waals surface area contributed by atoms with Gasteiger partial charge in [-0.25, -0.2) is 4.99 Å². The normalized spacial score (nSPS) is 12.0. The first-order valence-corrected chi connectivity index (χ1v) is 11.3. The van der Waals surface area contributed by atoms with Gasteiger partial charge in [-0.3, -0.25) is 4.98 Å². The number of pyridine rings is 1. The summed E-state index contributed by atoms with van der Waals surface area (Å²) in [5.74, 6) is 0. The average Bonchev–Trinajstić information content (AvgIpc) is 3.39. The van der Waals surface area contributed by atoms with Crippen molar-refractivity contribution in [2.45, 2.75) is 26.8 Å². The maximum Gasteiger partial charge on any atom is 0.190 e. The SMILES string of the molecule is Cc1ccc(-c2csc(=Nc3cccnc3)n2CCc2c[nH]c3ccccc23)cc1C. The number of hydrogen-bond acceptors (Lipinski definition) is 3. The van der Waals surface area contributed by atoms with Gasteiger partial charge in [0.15, 0.2) is 4.80 Å². The van der Waals surface area contributed by atoms with E-state index in [1.807, 2.05) is 12.1 Å². The van der Waals surface area contributed by atoms with Crippen molar-refractivity contribution in [3.05, 3.63) is 100 Å². The first kappa shape index (κ1) is 19.5. The first-order chi connectivity index (χ1) is 15.2. The van der Waals surface area contributed by atoms with Crippen LogP contribution in [-0.4, -0.2) is 14.5 Å². The standard InChI is InChI=1S/C26H24N4S/c1-18-9-10-20(14-19(18)2)25-17-31-26(29-22-6-5-12-27-16-22)30(25)13-11-21-15-28-24-8-4-3-7-23(21)24/h3-10,12,14-17,28H,11,13H2,1-2H3. The van der Waals surface area contributed by atoms with Crippen LogP contribution in [0.25, 0.3) is 22.2 Å². The topological polar surface area (TPSA) is 46.0 Å². The van der Waals surface area contributed by atoms with Crippen LogP contribution >= 0.6 is 11.3 Å². The van der Waals surface area contributed by atoms with Crippen molar-refractivity contribution in [1.29, 1.82) is 0 Å². The number of aryl methyl sites for hydroxylation is 3. The van der Waals surface area contributed by atoms with Gasteiger partial charge in [0, 0.05) is 35.2 Å². The van der Waals surface area contributed by atoms with Gasteiger partial charge in [0.25, 0.3) is 0 Å². The van der Waals surface area contributed by atoms with Crippen molar-refractivity contribution in [1.82, 2.24) is 14.5 Å². The Labute approximate surface area is 185 Å². The van der Waals surface area contributed by atoms with Crippen LogP contribution in [-0.2, 0) is 13.0 Å². The lowest BCUT2D eigenvalue weighted by atomic mass is 10.0. The van der Waals surface area contributed by atoms with Gasteiger partial charge in [0.2, 0.25) is 0 Å². The number of nitrogens with zero attached hydrogens (tertiary/aromatic N) is 3. The second-order valence-corrected chi connectivity index (χ2v) is 8.62. The summed E-state index contributed by atoms with van der Waals surface area (Å²) in [5.41, 5.74) is 8.43. The molecule has 5 heteroatoms. The van der Waals surface area contributed by atoms with Gasteiger partial charge >= 0.3 is 0 Å². The molecule has 0 bridgehead atoms. The Morgan fingerprint density at radius 1 is 1.03 bits per heavy atom. The van der Waals surface area contributed by atoms with Crippen molar-refractivity contribution in [3.8, 4) is 11.3 Å². The molecule has 5 rings (SSSR count). The highest BCUT2D eigenvalue weighted by Gasteiger charge is 2.11. The number of H-pyrrole nitrogens is 1. The summed E-state index contributed by atoms with van der Waals surface area (Å²) in [4.78, 5) is 13.5. The Kier molecular flexibility index (Phi) is 5.26. The van der Waals surface area contributed by atoms with E-state index in [1.165, 1.54) is 38.9 Å². The van der Waals surface area contributed by atoms with Gasteiger partial charge in [-0.05, 0) is 66.8 Å². The second kappa shape index (κ2) is 8.36. The zero-order chi connectivity index (χ0) is 21.2. The highest BCUT2D eigenvalue weighted by molar-refractivity contribution is 7.07. The molecule has 1 N–H and O–H groups in total. The molecule has 0 spiro atoms. The molecule has 0 saturated carbocycles. The number of rotatable bonds is 5. The van der Waals surface area contributed by atoms with Gasteiger partial charge in [-0.15, -0.1) is 11.3 Å². The largest absolute Gasteiger partial charge is 0.361 e. The molecular formula is C26H24N4S. The van der Waals surface area contributed by atoms with Crippen LogP contribution in [0.2, 0.25) is 0 Å². The smallest absolute Gasteiger partial charge is 0.190 e. The second-order valence-electron chi connectivity index (χ2n) is 7.79. The van der Waals surface area contributed by atoms with Crippen molar-refractivity contribution in [3.63, 3.8) is 0 Å². The molecule has 0 atom stereocenters. The summed E-state index contributed by atoms with van der Waals surface area (Å²) in [6, 6.07) is 19.1. The van der Waals surface area contributed by atoms with Crippen LogP contribution in [0.1, 0.15) is 16.7 Å². The summed E-state index contributed by atoms with van der Waals surface area (Å²) in [5, 5.41) is 3.51. The van der Waals surface area contributed by atoms with E-state index in [0.29, 0.717) is 0 Å². The van der Waals surface area contributed by atoms with Crippen molar-refractivity contribution >= 4 is 27.9 Å². The third-order valence-electron chi connectivity index (χ3n) is 5.75. The fourth-order valence-corrected chi connectivity index (χ4v) is 4.82. The molecule has 3 aromatic heterocycles. The van der Waals surface area contributed by atoms with E-state index in [4.69, 9.17) is 4.99 Å². The summed E-state index contributed by atoms with van der Waals surface area (Å²) in [6.07, 6.45) is 6.64. The summed E-state index contributed by atoms with van der Waals surface area (Å²) in [7, 11) is 0. The number of hydrogen-bond donors (Lipinski definition) is 1. The molecule has 0 radical (unpaired) electrons. The minimum Gasteiger partial charge on any atom is -0.361 e. The predicted molar refractivity (Wildman–Crippen MR) is 129 cm³/mol. The molecule has 0 saturated heterocycles. The van der Waals surface area contributed by atoms with Crippen molar-refractivity contribution in [2.75, 3.05) is 0 Å². The molecule has 0 aliphatic heterocycles. The summed E-state index contributed by atoms with van der Waals surface area (Å²) >= 11 is 1.68. The molecule has 5 aromatic rings. The lowest BCUT2D eigenvalue weighted by Gasteiger charge is -2.11. The Bertz CT molecular complexity index is 1410. The number of aromatic nitrogens is 3. The summed E-state index contributed by atoms with van der Waals surface area (Å²) < 4.78 is 2.34. The minimum absolute atomic E-state index is 0.854. The van der Waals surface area contributed by atoms with Crippen LogP contribution in [0, 0.1) is 13.8 Å². The number of para-hydroxylation sites is 1. The third-order valence-corrected chi connectivity index (χ3v) is 6.61. The van der Waals surface area contributed by atoms with Gasteiger partial charge in [-0.2, -0.15) is 0 Å². The third kappa shape index (κ3) is 3.97. The van der Waals surface area contributed by atoms with Crippen LogP contribution in [0.5, 0.6) is 0 Å². The van der Waals surface area contributed by atoms with Crippen LogP contribution in [0.3, 0.4) is 0 Å². The Morgan fingerprint density at radius 2 is 1.94 bits per heavy atom. The maximum atomic E-state index is 4.90. The van der Waals surface area contributed by atoms with E-state index in [0.717, 1.165) is 23.5 Å². The molecule has 4 nitrogen and oxygen atoms in total. The molecule has 0 unspecified atom stereocenters. The molecule has 0 aliphatic rings. The number of benzene rings is 2. The quantitative estimate of drug-likeness (QED) is 0.359. The van der Waals surface area contributed by atoms with Gasteiger partial charge < -0.3 is 9.55 Å². The zero-order valence-electron chi connectivity index (χ0n) is 17.7. The van der Waals surface area contributed by atoms with Gasteiger partial charge in [0.05, 0.1) is 17.6 Å². The zero-order valence-corrected chi connectivity index (χ0v) is 18.5. The van der Waals surface area contributed by atoms with E-state index in [-0.39, 0.29) is 0 Å². The summed E-state index contributed by atoms with van der Waals surface area (Å²) in [6.45, 7) is 5.18. The number of thiazole rings is 1. The average molecular weight is 425 g/mol. The Morgan fingerprint density at radius 3 is 2.77 bits per heavy atom. The molecule has 0 aliphatic carbocycles. The molecule has 31 heavy (non-hydrogen) atoms. The van der Waals surface area contributed by atoms with Crippen LogP contribution < -0.4 is 4.80 Å². The fraction of sp³-hybridized carbons (Fsp3) is 0.154. The van der Waals surface area contributed by atoms with E-state index in [2.05, 4.69) is 82.4 Å². The number of nitrogens with one attached hydrogen (secondary N) is 1. The lowest BCUT2D eigenvalue weighted by molar-refractivity contribution is 0.686. The molecule has 0 fully saturated rings. The van der Waals surface area contributed by atoms with Crippen LogP contribution in [0.15, 0.2) is 83.6 Å². The monoisotopic (exact) mass is 424 g/mol. The first-order valence-electron chi connectivity index (χ1n) is 10.4. The van der Waals surface area contributed by atoms with Gasteiger partial charge in [0.1, 0.15) is 0 Å². The molecular weight excluding hydrogens is 400 g/mol. The highest BCUT2D eigenvalue weighted by atomic mass is 32.1. The number of aromatic amines is 1. The predicted octanol–water partition coefficient (Wildman–Crippen LogP) is 6.18. The van der Waals surface area contributed by atoms with Crippen molar-refractivity contribution < 1.29 is 0 Å². The van der Waals surface area contributed by atoms with E-state index < -0.39 is 0 Å². The molecule has 3 heterocycles. The lowest BCUT2D eigenvalue weighted by Crippen LogP contribution is -2.17. The fourth-order valence-electron chi connectivity index (χ4n) is 3.87. The van der Waals surface area contributed by atoms with E-state index in [1.54, 1.807) is 23.7 Å². The van der Waals surface area contributed by atoms with E-state index in [9.17, 15) is 0 Å².